The molecule has 0 bridgehead atoms. The van der Waals surface area contributed by atoms with Crippen molar-refractivity contribution in [1.82, 2.24) is 5.32 Å². The number of benzene rings is 1. The van der Waals surface area contributed by atoms with Crippen LogP contribution in [0.4, 0.5) is 0 Å². The number of halogens is 1. The molecule has 7 heteroatoms. The van der Waals surface area contributed by atoms with Crippen molar-refractivity contribution in [2.24, 2.45) is 5.92 Å². The second-order valence-electron chi connectivity index (χ2n) is 5.47. The molecule has 1 rings (SSSR count). The Morgan fingerprint density at radius 2 is 2.00 bits per heavy atom. The average Bonchev–Trinajstić information content (AvgIpc) is 2.49. The number of hydrogen-bond donors (Lipinski definition) is 2. The summed E-state index contributed by atoms with van der Waals surface area (Å²) in [5.41, 5.74) is 0.212. The maximum atomic E-state index is 12.2. The smallest absolute Gasteiger partial charge is 0.326 e. The lowest BCUT2D eigenvalue weighted by atomic mass is 10.1. The Hall–Kier alpha value is -1.95. The molecule has 1 atom stereocenters. The van der Waals surface area contributed by atoms with Gasteiger partial charge in [0.2, 0.25) is 0 Å². The van der Waals surface area contributed by atoms with Gasteiger partial charge in [-0.15, -0.1) is 0 Å². The fourth-order valence-electron chi connectivity index (χ4n) is 1.82. The number of amides is 1. The van der Waals surface area contributed by atoms with Gasteiger partial charge in [-0.1, -0.05) is 32.4 Å². The van der Waals surface area contributed by atoms with E-state index in [-0.39, 0.29) is 17.0 Å². The molecule has 1 amide bonds. The molecule has 0 aromatic heterocycles. The zero-order valence-electron chi connectivity index (χ0n) is 13.7. The topological polar surface area (TPSA) is 84.9 Å². The van der Waals surface area contributed by atoms with Gasteiger partial charge in [-0.05, 0) is 24.5 Å². The summed E-state index contributed by atoms with van der Waals surface area (Å²) in [4.78, 5) is 23.2. The van der Waals surface area contributed by atoms with Gasteiger partial charge in [0, 0.05) is 5.56 Å². The molecule has 0 aliphatic rings. The van der Waals surface area contributed by atoms with Crippen molar-refractivity contribution >= 4 is 23.5 Å². The molecule has 1 aromatic carbocycles. The van der Waals surface area contributed by atoms with Crippen LogP contribution < -0.4 is 14.8 Å². The maximum absolute atomic E-state index is 12.2. The van der Waals surface area contributed by atoms with Gasteiger partial charge in [0.25, 0.3) is 5.91 Å². The number of ether oxygens (including phenoxy) is 2. The third kappa shape index (κ3) is 5.32. The zero-order valence-corrected chi connectivity index (χ0v) is 14.4. The summed E-state index contributed by atoms with van der Waals surface area (Å²) in [7, 11) is 1.45. The lowest BCUT2D eigenvalue weighted by Crippen LogP contribution is -2.40. The Bertz CT molecular complexity index is 574. The Kier molecular flexibility index (Phi) is 7.16. The third-order valence-electron chi connectivity index (χ3n) is 3.06. The number of carbonyl (C=O) groups is 2. The predicted molar refractivity (Wildman–Crippen MR) is 87.5 cm³/mol. The van der Waals surface area contributed by atoms with Crippen LogP contribution >= 0.6 is 11.6 Å². The minimum atomic E-state index is -1.09. The molecule has 0 heterocycles. The largest absolute Gasteiger partial charge is 0.493 e. The first-order valence-corrected chi connectivity index (χ1v) is 7.71. The summed E-state index contributed by atoms with van der Waals surface area (Å²) in [6.07, 6.45) is 0.279. The van der Waals surface area contributed by atoms with Gasteiger partial charge in [0.15, 0.2) is 11.5 Å². The molecule has 0 saturated carbocycles. The number of hydrogen-bond acceptors (Lipinski definition) is 4. The summed E-state index contributed by atoms with van der Waals surface area (Å²) < 4.78 is 10.8. The quantitative estimate of drug-likeness (QED) is 0.758. The molecule has 1 unspecified atom stereocenters. The molecule has 23 heavy (non-hydrogen) atoms. The van der Waals surface area contributed by atoms with Crippen LogP contribution in [0.2, 0.25) is 5.02 Å². The van der Waals surface area contributed by atoms with Crippen LogP contribution in [0.25, 0.3) is 0 Å². The molecule has 0 spiro atoms. The Labute approximate surface area is 140 Å². The first-order chi connectivity index (χ1) is 10.8. The fraction of sp³-hybridized carbons (Fsp3) is 0.500. The summed E-state index contributed by atoms with van der Waals surface area (Å²) in [6.45, 7) is 6.13. The standard InChI is InChI=1S/C16H22ClNO5/c1-5-12(16(20)21)18-15(19)10-6-11(17)14(13(7-10)22-4)23-8-9(2)3/h6-7,9,12H,5,8H2,1-4H3,(H,18,19)(H,20,21). The number of aliphatic carboxylic acids is 1. The van der Waals surface area contributed by atoms with Crippen molar-refractivity contribution in [2.75, 3.05) is 13.7 Å². The van der Waals surface area contributed by atoms with E-state index in [2.05, 4.69) is 5.32 Å². The Morgan fingerprint density at radius 3 is 2.48 bits per heavy atom. The molecule has 128 valence electrons. The lowest BCUT2D eigenvalue weighted by Gasteiger charge is -2.16. The van der Waals surface area contributed by atoms with Crippen LogP contribution in [0.3, 0.4) is 0 Å². The number of carbonyl (C=O) groups excluding carboxylic acids is 1. The predicted octanol–water partition coefficient (Wildman–Crippen LogP) is 2.98. The SMILES string of the molecule is CCC(NC(=O)c1cc(Cl)c(OCC(C)C)c(OC)c1)C(=O)O. The fourth-order valence-corrected chi connectivity index (χ4v) is 2.09. The summed E-state index contributed by atoms with van der Waals surface area (Å²) in [5, 5.41) is 11.7. The van der Waals surface area contributed by atoms with Gasteiger partial charge in [-0.3, -0.25) is 4.79 Å². The van der Waals surface area contributed by atoms with Gasteiger partial charge >= 0.3 is 5.97 Å². The van der Waals surface area contributed by atoms with E-state index < -0.39 is 17.9 Å². The molecular weight excluding hydrogens is 322 g/mol. The van der Waals surface area contributed by atoms with Gasteiger partial charge in [-0.2, -0.15) is 0 Å². The number of nitrogens with one attached hydrogen (secondary N) is 1. The second-order valence-corrected chi connectivity index (χ2v) is 5.87. The highest BCUT2D eigenvalue weighted by molar-refractivity contribution is 6.32. The van der Waals surface area contributed by atoms with E-state index in [4.69, 9.17) is 26.2 Å². The van der Waals surface area contributed by atoms with Crippen LogP contribution in [0.5, 0.6) is 11.5 Å². The lowest BCUT2D eigenvalue weighted by molar-refractivity contribution is -0.139. The number of carboxylic acid groups (broad SMARTS) is 1. The van der Waals surface area contributed by atoms with Crippen molar-refractivity contribution in [3.63, 3.8) is 0 Å². The Morgan fingerprint density at radius 1 is 1.35 bits per heavy atom. The molecule has 0 saturated heterocycles. The third-order valence-corrected chi connectivity index (χ3v) is 3.35. The van der Waals surface area contributed by atoms with Gasteiger partial charge in [0.1, 0.15) is 6.04 Å². The van der Waals surface area contributed by atoms with E-state index in [1.807, 2.05) is 13.8 Å². The molecule has 0 aliphatic heterocycles. The van der Waals surface area contributed by atoms with E-state index in [0.29, 0.717) is 24.0 Å². The summed E-state index contributed by atoms with van der Waals surface area (Å²) in [6, 6.07) is 1.96. The normalized spacial score (nSPS) is 11.9. The van der Waals surface area contributed by atoms with Gasteiger partial charge in [0.05, 0.1) is 18.7 Å². The van der Waals surface area contributed by atoms with E-state index in [1.54, 1.807) is 6.92 Å². The number of rotatable bonds is 8. The minimum absolute atomic E-state index is 0.212. The van der Waals surface area contributed by atoms with Crippen molar-refractivity contribution in [3.05, 3.63) is 22.7 Å². The van der Waals surface area contributed by atoms with Crippen LogP contribution in [0.1, 0.15) is 37.6 Å². The number of methoxy groups -OCH3 is 1. The van der Waals surface area contributed by atoms with Crippen molar-refractivity contribution in [2.45, 2.75) is 33.2 Å². The van der Waals surface area contributed by atoms with Gasteiger partial charge in [-0.25, -0.2) is 4.79 Å². The van der Waals surface area contributed by atoms with E-state index in [0.717, 1.165) is 0 Å². The molecule has 6 nitrogen and oxygen atoms in total. The maximum Gasteiger partial charge on any atom is 0.326 e. The van der Waals surface area contributed by atoms with E-state index in [1.165, 1.54) is 19.2 Å². The molecule has 0 aliphatic carbocycles. The zero-order chi connectivity index (χ0) is 17.6. The van der Waals surface area contributed by atoms with Crippen LogP contribution in [-0.2, 0) is 4.79 Å². The average molecular weight is 344 g/mol. The molecule has 0 radical (unpaired) electrons. The summed E-state index contributed by atoms with van der Waals surface area (Å²) >= 11 is 6.17. The van der Waals surface area contributed by atoms with Crippen LogP contribution in [0.15, 0.2) is 12.1 Å². The molecule has 1 aromatic rings. The van der Waals surface area contributed by atoms with Crippen LogP contribution in [-0.4, -0.2) is 36.7 Å². The van der Waals surface area contributed by atoms with E-state index in [9.17, 15) is 9.59 Å². The highest BCUT2D eigenvalue weighted by Crippen LogP contribution is 2.36. The van der Waals surface area contributed by atoms with Gasteiger partial charge < -0.3 is 19.9 Å². The molecule has 2 N–H and O–H groups in total. The van der Waals surface area contributed by atoms with E-state index >= 15 is 0 Å². The highest BCUT2D eigenvalue weighted by Gasteiger charge is 2.21. The number of carboxylic acids is 1. The summed E-state index contributed by atoms with van der Waals surface area (Å²) in [5.74, 6) is -0.623. The first kappa shape index (κ1) is 19.1. The van der Waals surface area contributed by atoms with Crippen molar-refractivity contribution in [1.29, 1.82) is 0 Å². The molecule has 0 fully saturated rings. The second kappa shape index (κ2) is 8.62. The highest BCUT2D eigenvalue weighted by atomic mass is 35.5. The van der Waals surface area contributed by atoms with Crippen LogP contribution in [0, 0.1) is 5.92 Å². The van der Waals surface area contributed by atoms with Crippen molar-refractivity contribution in [3.8, 4) is 11.5 Å². The minimum Gasteiger partial charge on any atom is -0.493 e. The van der Waals surface area contributed by atoms with Crippen molar-refractivity contribution < 1.29 is 24.2 Å². The Balaban J connectivity index is 3.03. The molecular formula is C16H22ClNO5. The first-order valence-electron chi connectivity index (χ1n) is 7.34. The monoisotopic (exact) mass is 343 g/mol.